The molecule has 1 atom stereocenters. The lowest BCUT2D eigenvalue weighted by atomic mass is 10.1. The van der Waals surface area contributed by atoms with Crippen LogP contribution in [0, 0.1) is 6.92 Å². The molecule has 0 fully saturated rings. The van der Waals surface area contributed by atoms with Gasteiger partial charge in [-0.2, -0.15) is 0 Å². The fourth-order valence-corrected chi connectivity index (χ4v) is 2.20. The first kappa shape index (κ1) is 23.3. The zero-order valence-electron chi connectivity index (χ0n) is 17.6. The van der Waals surface area contributed by atoms with Crippen LogP contribution in [-0.4, -0.2) is 35.2 Å². The van der Waals surface area contributed by atoms with E-state index in [4.69, 9.17) is 15.2 Å². The molecule has 0 aliphatic rings. The zero-order valence-corrected chi connectivity index (χ0v) is 17.6. The van der Waals surface area contributed by atoms with Crippen LogP contribution in [0.25, 0.3) is 0 Å². The Morgan fingerprint density at radius 1 is 1.04 bits per heavy atom. The molecule has 4 N–H and O–H groups in total. The van der Waals surface area contributed by atoms with Crippen molar-refractivity contribution in [2.45, 2.75) is 72.1 Å². The summed E-state index contributed by atoms with van der Waals surface area (Å²) in [6.07, 6.45) is -1.15. The normalized spacial score (nSPS) is 12.7. The Bertz CT molecular complexity index is 702. The quantitative estimate of drug-likeness (QED) is 0.522. The van der Waals surface area contributed by atoms with E-state index in [1.54, 1.807) is 66.7 Å². The van der Waals surface area contributed by atoms with Gasteiger partial charge < -0.3 is 25.8 Å². The van der Waals surface area contributed by atoms with Crippen LogP contribution in [0.2, 0.25) is 0 Å². The van der Waals surface area contributed by atoms with Gasteiger partial charge in [-0.1, -0.05) is 6.07 Å². The molecule has 0 aliphatic heterocycles. The lowest BCUT2D eigenvalue weighted by Gasteiger charge is -2.25. The molecule has 1 unspecified atom stereocenters. The summed E-state index contributed by atoms with van der Waals surface area (Å²) >= 11 is 0. The first-order valence-electron chi connectivity index (χ1n) is 9.04. The molecule has 2 amide bonds. The summed E-state index contributed by atoms with van der Waals surface area (Å²) < 4.78 is 10.5. The van der Waals surface area contributed by atoms with Crippen molar-refractivity contribution in [1.29, 1.82) is 0 Å². The second-order valence-electron chi connectivity index (χ2n) is 8.55. The molecule has 0 radical (unpaired) electrons. The third-order valence-electron chi connectivity index (χ3n) is 3.32. The molecule has 0 saturated carbocycles. The standard InChI is InChI=1S/C20H31N3O5/c1-12-8-9-13(21)10-14(12)22-17(25)15(11-16(24)27-19(2,3)4)23-18(26)28-20(5,6)7/h8-10,15H,11,21H2,1-7H3,(H,22,25)(H,23,26). The number of nitrogen functional groups attached to an aromatic ring is 1. The Labute approximate surface area is 166 Å². The lowest BCUT2D eigenvalue weighted by Crippen LogP contribution is -2.47. The predicted molar refractivity (Wildman–Crippen MR) is 108 cm³/mol. The van der Waals surface area contributed by atoms with Gasteiger partial charge in [0.25, 0.3) is 0 Å². The number of nitrogens with two attached hydrogens (primary N) is 1. The number of aryl methyl sites for hydroxylation is 1. The number of rotatable bonds is 5. The smallest absolute Gasteiger partial charge is 0.408 e. The van der Waals surface area contributed by atoms with Crippen molar-refractivity contribution < 1.29 is 23.9 Å². The molecule has 156 valence electrons. The molecule has 0 bridgehead atoms. The van der Waals surface area contributed by atoms with E-state index in [9.17, 15) is 14.4 Å². The maximum atomic E-state index is 12.7. The van der Waals surface area contributed by atoms with Crippen molar-refractivity contribution in [3.63, 3.8) is 0 Å². The van der Waals surface area contributed by atoms with Crippen molar-refractivity contribution in [2.24, 2.45) is 0 Å². The molecule has 0 heterocycles. The van der Waals surface area contributed by atoms with E-state index < -0.39 is 35.2 Å². The number of benzene rings is 1. The molecule has 0 spiro atoms. The van der Waals surface area contributed by atoms with Crippen molar-refractivity contribution in [3.8, 4) is 0 Å². The van der Waals surface area contributed by atoms with Gasteiger partial charge in [-0.05, 0) is 66.2 Å². The van der Waals surface area contributed by atoms with Gasteiger partial charge >= 0.3 is 12.1 Å². The van der Waals surface area contributed by atoms with Crippen LogP contribution in [0.4, 0.5) is 16.2 Å². The fraction of sp³-hybridized carbons (Fsp3) is 0.550. The number of carbonyl (C=O) groups is 3. The highest BCUT2D eigenvalue weighted by molar-refractivity contribution is 5.99. The highest BCUT2D eigenvalue weighted by Crippen LogP contribution is 2.19. The third kappa shape index (κ3) is 8.75. The Kier molecular flexibility index (Phi) is 7.43. The first-order valence-corrected chi connectivity index (χ1v) is 9.04. The number of esters is 1. The molecule has 8 nitrogen and oxygen atoms in total. The van der Waals surface area contributed by atoms with Crippen LogP contribution in [-0.2, 0) is 19.1 Å². The molecule has 0 aromatic heterocycles. The molecule has 1 aromatic carbocycles. The average Bonchev–Trinajstić information content (AvgIpc) is 2.46. The molecule has 1 rings (SSSR count). The summed E-state index contributed by atoms with van der Waals surface area (Å²) in [5.41, 5.74) is 6.06. The van der Waals surface area contributed by atoms with E-state index in [1.165, 1.54) is 0 Å². The van der Waals surface area contributed by atoms with E-state index in [1.807, 2.05) is 0 Å². The Morgan fingerprint density at radius 2 is 1.61 bits per heavy atom. The first-order chi connectivity index (χ1) is 12.7. The molecular weight excluding hydrogens is 362 g/mol. The fourth-order valence-electron chi connectivity index (χ4n) is 2.20. The topological polar surface area (TPSA) is 120 Å². The molecule has 28 heavy (non-hydrogen) atoms. The second-order valence-corrected chi connectivity index (χ2v) is 8.55. The van der Waals surface area contributed by atoms with Gasteiger partial charge in [0.15, 0.2) is 0 Å². The summed E-state index contributed by atoms with van der Waals surface area (Å²) in [5, 5.41) is 5.13. The van der Waals surface area contributed by atoms with Gasteiger partial charge in [-0.25, -0.2) is 4.79 Å². The minimum Gasteiger partial charge on any atom is -0.460 e. The zero-order chi connectivity index (χ0) is 21.7. The molecule has 1 aromatic rings. The SMILES string of the molecule is Cc1ccc(N)cc1NC(=O)C(CC(=O)OC(C)(C)C)NC(=O)OC(C)(C)C. The predicted octanol–water partition coefficient (Wildman–Crippen LogP) is 3.14. The van der Waals surface area contributed by atoms with Crippen LogP contribution in [0.3, 0.4) is 0 Å². The summed E-state index contributed by atoms with van der Waals surface area (Å²) in [6.45, 7) is 12.1. The highest BCUT2D eigenvalue weighted by atomic mass is 16.6. The number of alkyl carbamates (subject to hydrolysis) is 1. The number of nitrogens with one attached hydrogen (secondary N) is 2. The van der Waals surface area contributed by atoms with Crippen LogP contribution in [0.15, 0.2) is 18.2 Å². The maximum Gasteiger partial charge on any atom is 0.408 e. The van der Waals surface area contributed by atoms with Crippen LogP contribution in [0.5, 0.6) is 0 Å². The van der Waals surface area contributed by atoms with Crippen LogP contribution >= 0.6 is 0 Å². The molecule has 0 aliphatic carbocycles. The van der Waals surface area contributed by atoms with Gasteiger partial charge in [-0.15, -0.1) is 0 Å². The Morgan fingerprint density at radius 3 is 2.14 bits per heavy atom. The molecule has 8 heteroatoms. The average molecular weight is 393 g/mol. The van der Waals surface area contributed by atoms with Crippen molar-refractivity contribution in [2.75, 3.05) is 11.1 Å². The number of ether oxygens (including phenoxy) is 2. The minimum absolute atomic E-state index is 0.344. The maximum absolute atomic E-state index is 12.7. The Hall–Kier alpha value is -2.77. The number of anilines is 2. The van der Waals surface area contributed by atoms with Gasteiger partial charge in [0.2, 0.25) is 5.91 Å². The van der Waals surface area contributed by atoms with E-state index in [0.717, 1.165) is 5.56 Å². The second kappa shape index (κ2) is 8.95. The third-order valence-corrected chi connectivity index (χ3v) is 3.32. The summed E-state index contributed by atoms with van der Waals surface area (Å²) in [4.78, 5) is 37.1. The number of amides is 2. The summed E-state index contributed by atoms with van der Waals surface area (Å²) in [5.74, 6) is -1.20. The van der Waals surface area contributed by atoms with Gasteiger partial charge in [-0.3, -0.25) is 9.59 Å². The van der Waals surface area contributed by atoms with Gasteiger partial charge in [0.05, 0.1) is 6.42 Å². The minimum atomic E-state index is -1.18. The summed E-state index contributed by atoms with van der Waals surface area (Å²) in [6, 6.07) is 3.90. The summed E-state index contributed by atoms with van der Waals surface area (Å²) in [7, 11) is 0. The number of carbonyl (C=O) groups excluding carboxylic acids is 3. The van der Waals surface area contributed by atoms with Crippen molar-refractivity contribution in [3.05, 3.63) is 23.8 Å². The van der Waals surface area contributed by atoms with Crippen molar-refractivity contribution in [1.82, 2.24) is 5.32 Å². The van der Waals surface area contributed by atoms with E-state index in [2.05, 4.69) is 10.6 Å². The monoisotopic (exact) mass is 393 g/mol. The van der Waals surface area contributed by atoms with Gasteiger partial charge in [0.1, 0.15) is 17.2 Å². The van der Waals surface area contributed by atoms with Crippen LogP contribution in [0.1, 0.15) is 53.5 Å². The lowest BCUT2D eigenvalue weighted by molar-refractivity contribution is -0.156. The molecule has 0 saturated heterocycles. The molecular formula is C20H31N3O5. The number of hydrogen-bond donors (Lipinski definition) is 3. The van der Waals surface area contributed by atoms with E-state index >= 15 is 0 Å². The van der Waals surface area contributed by atoms with E-state index in [0.29, 0.717) is 11.4 Å². The van der Waals surface area contributed by atoms with E-state index in [-0.39, 0.29) is 6.42 Å². The van der Waals surface area contributed by atoms with Crippen molar-refractivity contribution >= 4 is 29.3 Å². The Balaban J connectivity index is 2.97. The highest BCUT2D eigenvalue weighted by Gasteiger charge is 2.29. The van der Waals surface area contributed by atoms with Crippen LogP contribution < -0.4 is 16.4 Å². The number of hydrogen-bond acceptors (Lipinski definition) is 6. The largest absolute Gasteiger partial charge is 0.460 e. The van der Waals surface area contributed by atoms with Gasteiger partial charge in [0, 0.05) is 11.4 Å².